The molecule has 5 nitrogen and oxygen atoms in total. The minimum atomic E-state index is -0.488. The van der Waals surface area contributed by atoms with E-state index in [2.05, 4.69) is 31.5 Å². The molecule has 0 spiro atoms. The fourth-order valence-corrected chi connectivity index (χ4v) is 1.69. The van der Waals surface area contributed by atoms with Crippen molar-refractivity contribution in [3.63, 3.8) is 0 Å². The number of nitrogens with zero attached hydrogens (tertiary/aromatic N) is 1. The Bertz CT molecular complexity index is 397. The van der Waals surface area contributed by atoms with E-state index < -0.39 is 6.10 Å². The average Bonchev–Trinajstić information content (AvgIpc) is 2.35. The molecule has 0 aromatic carbocycles. The van der Waals surface area contributed by atoms with Crippen molar-refractivity contribution in [1.82, 2.24) is 4.98 Å². The first-order valence-electron chi connectivity index (χ1n) is 4.44. The van der Waals surface area contributed by atoms with E-state index in [-0.39, 0.29) is 5.91 Å². The van der Waals surface area contributed by atoms with E-state index in [1.54, 1.807) is 12.3 Å². The first-order chi connectivity index (χ1) is 7.20. The Kier molecular flexibility index (Phi) is 2.88. The van der Waals surface area contributed by atoms with Gasteiger partial charge in [-0.15, -0.1) is 0 Å². The van der Waals surface area contributed by atoms with Crippen LogP contribution in [0.25, 0.3) is 0 Å². The van der Waals surface area contributed by atoms with Crippen LogP contribution in [0.4, 0.5) is 11.5 Å². The molecule has 2 rings (SSSR count). The number of hydrogen-bond acceptors (Lipinski definition) is 4. The lowest BCUT2D eigenvalue weighted by Gasteiger charge is -2.09. The van der Waals surface area contributed by atoms with Crippen LogP contribution in [-0.2, 0) is 9.53 Å². The van der Waals surface area contributed by atoms with Gasteiger partial charge >= 0.3 is 0 Å². The van der Waals surface area contributed by atoms with Crippen molar-refractivity contribution >= 4 is 33.3 Å². The lowest BCUT2D eigenvalue weighted by Crippen LogP contribution is -2.32. The maximum absolute atomic E-state index is 11.6. The lowest BCUT2D eigenvalue weighted by atomic mass is 10.3. The zero-order valence-electron chi connectivity index (χ0n) is 8.08. The van der Waals surface area contributed by atoms with Crippen LogP contribution < -0.4 is 10.6 Å². The minimum absolute atomic E-state index is 0.163. The van der Waals surface area contributed by atoms with Crippen molar-refractivity contribution in [1.29, 1.82) is 0 Å². The van der Waals surface area contributed by atoms with Gasteiger partial charge in [0.2, 0.25) is 0 Å². The summed E-state index contributed by atoms with van der Waals surface area (Å²) in [6.45, 7) is 0.421. The average molecular weight is 272 g/mol. The second-order valence-electron chi connectivity index (χ2n) is 3.14. The Morgan fingerprint density at radius 1 is 1.67 bits per heavy atom. The number of ether oxygens (including phenoxy) is 1. The lowest BCUT2D eigenvalue weighted by molar-refractivity contribution is -0.124. The summed E-state index contributed by atoms with van der Waals surface area (Å²) in [5.41, 5.74) is 0.661. The third kappa shape index (κ3) is 2.10. The van der Waals surface area contributed by atoms with Crippen molar-refractivity contribution in [3.8, 4) is 0 Å². The number of carbonyl (C=O) groups excluding carboxylic acids is 1. The van der Waals surface area contributed by atoms with Crippen LogP contribution in [0.5, 0.6) is 0 Å². The standard InChI is InChI=1S/C9H10BrN3O2/c1-15-7-4-12-8-6(13-9(7)14)2-5(10)3-11-8/h2-3,7H,4H2,1H3,(H,11,12)(H,13,14). The highest BCUT2D eigenvalue weighted by Crippen LogP contribution is 2.25. The van der Waals surface area contributed by atoms with Crippen LogP contribution in [-0.4, -0.2) is 30.6 Å². The molecule has 2 N–H and O–H groups in total. The van der Waals surface area contributed by atoms with E-state index in [9.17, 15) is 4.79 Å². The van der Waals surface area contributed by atoms with Gasteiger partial charge in [-0.2, -0.15) is 0 Å². The predicted octanol–water partition coefficient (Wildman–Crippen LogP) is 1.22. The number of amides is 1. The van der Waals surface area contributed by atoms with Gasteiger partial charge in [-0.05, 0) is 22.0 Å². The molecule has 0 fully saturated rings. The SMILES string of the molecule is COC1CNc2ncc(Br)cc2NC1=O. The first-order valence-corrected chi connectivity index (χ1v) is 5.23. The summed E-state index contributed by atoms with van der Waals surface area (Å²) in [7, 11) is 1.51. The van der Waals surface area contributed by atoms with E-state index in [0.717, 1.165) is 4.47 Å². The summed E-state index contributed by atoms with van der Waals surface area (Å²) in [5.74, 6) is 0.495. The Hall–Kier alpha value is -1.14. The fraction of sp³-hybridized carbons (Fsp3) is 0.333. The van der Waals surface area contributed by atoms with Crippen LogP contribution in [0.1, 0.15) is 0 Å². The Morgan fingerprint density at radius 3 is 3.20 bits per heavy atom. The summed E-state index contributed by atoms with van der Waals surface area (Å²) in [6, 6.07) is 1.80. The van der Waals surface area contributed by atoms with Crippen LogP contribution in [0.15, 0.2) is 16.7 Å². The van der Waals surface area contributed by atoms with Crippen molar-refractivity contribution in [2.24, 2.45) is 0 Å². The molecule has 0 saturated carbocycles. The molecule has 1 unspecified atom stereocenters. The van der Waals surface area contributed by atoms with E-state index >= 15 is 0 Å². The maximum atomic E-state index is 11.6. The Balaban J connectivity index is 2.31. The normalized spacial score (nSPS) is 19.9. The van der Waals surface area contributed by atoms with Gasteiger partial charge in [-0.25, -0.2) is 4.98 Å². The Labute approximate surface area is 95.3 Å². The van der Waals surface area contributed by atoms with Gasteiger partial charge in [0.1, 0.15) is 5.82 Å². The van der Waals surface area contributed by atoms with E-state index in [0.29, 0.717) is 18.1 Å². The summed E-state index contributed by atoms with van der Waals surface area (Å²) in [6.07, 6.45) is 1.18. The molecule has 0 radical (unpaired) electrons. The third-order valence-electron chi connectivity index (χ3n) is 2.14. The molecule has 80 valence electrons. The number of methoxy groups -OCH3 is 1. The second-order valence-corrected chi connectivity index (χ2v) is 4.06. The fourth-order valence-electron chi connectivity index (χ4n) is 1.36. The van der Waals surface area contributed by atoms with Gasteiger partial charge in [0.15, 0.2) is 6.10 Å². The van der Waals surface area contributed by atoms with Crippen LogP contribution in [0.3, 0.4) is 0 Å². The minimum Gasteiger partial charge on any atom is -0.370 e. The second kappa shape index (κ2) is 4.16. The molecule has 6 heteroatoms. The van der Waals surface area contributed by atoms with Crippen LogP contribution >= 0.6 is 15.9 Å². The molecule has 1 amide bonds. The predicted molar refractivity (Wildman–Crippen MR) is 59.9 cm³/mol. The van der Waals surface area contributed by atoms with E-state index in [1.807, 2.05) is 0 Å². The smallest absolute Gasteiger partial charge is 0.255 e. The molecule has 0 saturated heterocycles. The van der Waals surface area contributed by atoms with Crippen LogP contribution in [0.2, 0.25) is 0 Å². The van der Waals surface area contributed by atoms with Gasteiger partial charge in [0, 0.05) is 17.8 Å². The van der Waals surface area contributed by atoms with Crippen molar-refractivity contribution in [2.45, 2.75) is 6.10 Å². The molecule has 1 aliphatic rings. The molecular formula is C9H10BrN3O2. The zero-order chi connectivity index (χ0) is 10.8. The zero-order valence-corrected chi connectivity index (χ0v) is 9.67. The highest BCUT2D eigenvalue weighted by atomic mass is 79.9. The highest BCUT2D eigenvalue weighted by Gasteiger charge is 2.23. The Morgan fingerprint density at radius 2 is 2.47 bits per heavy atom. The molecule has 0 bridgehead atoms. The highest BCUT2D eigenvalue weighted by molar-refractivity contribution is 9.10. The monoisotopic (exact) mass is 271 g/mol. The largest absolute Gasteiger partial charge is 0.370 e. The number of rotatable bonds is 1. The van der Waals surface area contributed by atoms with Gasteiger partial charge in [0.25, 0.3) is 5.91 Å². The number of pyridine rings is 1. The molecule has 1 aromatic rings. The number of aromatic nitrogens is 1. The molecule has 1 aromatic heterocycles. The van der Waals surface area contributed by atoms with Crippen molar-refractivity contribution in [2.75, 3.05) is 24.3 Å². The van der Waals surface area contributed by atoms with Gasteiger partial charge in [-0.1, -0.05) is 0 Å². The molecule has 15 heavy (non-hydrogen) atoms. The topological polar surface area (TPSA) is 63.2 Å². The molecule has 2 heterocycles. The van der Waals surface area contributed by atoms with Gasteiger partial charge in [-0.3, -0.25) is 4.79 Å². The van der Waals surface area contributed by atoms with E-state index in [4.69, 9.17) is 4.74 Å². The molecular weight excluding hydrogens is 262 g/mol. The van der Waals surface area contributed by atoms with Crippen molar-refractivity contribution < 1.29 is 9.53 Å². The third-order valence-corrected chi connectivity index (χ3v) is 2.58. The first kappa shape index (κ1) is 10.4. The van der Waals surface area contributed by atoms with Crippen molar-refractivity contribution in [3.05, 3.63) is 16.7 Å². The quantitative estimate of drug-likeness (QED) is 0.807. The molecule has 1 atom stereocenters. The summed E-state index contributed by atoms with van der Waals surface area (Å²) < 4.78 is 5.85. The molecule has 0 aliphatic carbocycles. The number of anilines is 2. The number of fused-ring (bicyclic) bond motifs is 1. The summed E-state index contributed by atoms with van der Waals surface area (Å²) in [5, 5.41) is 5.79. The van der Waals surface area contributed by atoms with Gasteiger partial charge < -0.3 is 15.4 Å². The summed E-state index contributed by atoms with van der Waals surface area (Å²) >= 11 is 3.30. The van der Waals surface area contributed by atoms with Crippen LogP contribution in [0, 0.1) is 0 Å². The van der Waals surface area contributed by atoms with Gasteiger partial charge in [0.05, 0.1) is 12.2 Å². The maximum Gasteiger partial charge on any atom is 0.255 e. The molecule has 1 aliphatic heterocycles. The number of carbonyl (C=O) groups is 1. The number of hydrogen-bond donors (Lipinski definition) is 2. The summed E-state index contributed by atoms with van der Waals surface area (Å²) in [4.78, 5) is 15.8. The van der Waals surface area contributed by atoms with E-state index in [1.165, 1.54) is 7.11 Å². The number of nitrogens with one attached hydrogen (secondary N) is 2. The number of halogens is 1.